The molecular weight excluding hydrogens is 316 g/mol. The molecule has 6 nitrogen and oxygen atoms in total. The zero-order valence-corrected chi connectivity index (χ0v) is 14.2. The normalized spacial score (nSPS) is 14.3. The van der Waals surface area contributed by atoms with Crippen LogP contribution in [0.15, 0.2) is 23.1 Å². The Morgan fingerprint density at radius 2 is 1.96 bits per heavy atom. The lowest BCUT2D eigenvalue weighted by Gasteiger charge is -2.16. The molecule has 2 rings (SSSR count). The van der Waals surface area contributed by atoms with Crippen LogP contribution in [0.3, 0.4) is 0 Å². The van der Waals surface area contributed by atoms with Crippen LogP contribution >= 0.6 is 0 Å². The number of aryl methyl sites for hydroxylation is 2. The quantitative estimate of drug-likeness (QED) is 0.692. The summed E-state index contributed by atoms with van der Waals surface area (Å²) in [6, 6.07) is 5.23. The zero-order valence-electron chi connectivity index (χ0n) is 13.4. The Labute approximate surface area is 137 Å². The highest BCUT2D eigenvalue weighted by Gasteiger charge is 2.18. The van der Waals surface area contributed by atoms with Crippen LogP contribution in [0, 0.1) is 0 Å². The van der Waals surface area contributed by atoms with Crippen molar-refractivity contribution in [2.75, 3.05) is 26.8 Å². The van der Waals surface area contributed by atoms with Crippen molar-refractivity contribution >= 4 is 15.9 Å². The second-order valence-electron chi connectivity index (χ2n) is 5.66. The largest absolute Gasteiger partial charge is 0.385 e. The van der Waals surface area contributed by atoms with Gasteiger partial charge in [0, 0.05) is 20.3 Å². The van der Waals surface area contributed by atoms with Gasteiger partial charge in [-0.2, -0.15) is 0 Å². The van der Waals surface area contributed by atoms with E-state index in [1.54, 1.807) is 19.2 Å². The van der Waals surface area contributed by atoms with Gasteiger partial charge >= 0.3 is 0 Å². The summed E-state index contributed by atoms with van der Waals surface area (Å²) in [7, 11) is -2.07. The van der Waals surface area contributed by atoms with Crippen molar-refractivity contribution in [2.45, 2.75) is 37.0 Å². The molecule has 1 aromatic carbocycles. The minimum Gasteiger partial charge on any atom is -0.385 e. The highest BCUT2D eigenvalue weighted by atomic mass is 32.2. The Balaban J connectivity index is 1.90. The molecule has 0 bridgehead atoms. The number of benzene rings is 1. The van der Waals surface area contributed by atoms with Crippen LogP contribution in [0.4, 0.5) is 0 Å². The predicted octanol–water partition coefficient (Wildman–Crippen LogP) is 0.996. The average Bonchev–Trinajstić information content (AvgIpc) is 2.56. The Hall–Kier alpha value is -1.44. The van der Waals surface area contributed by atoms with Crippen molar-refractivity contribution < 1.29 is 17.9 Å². The fraction of sp³-hybridized carbons (Fsp3) is 0.562. The van der Waals surface area contributed by atoms with Crippen molar-refractivity contribution in [3.63, 3.8) is 0 Å². The number of rotatable bonds is 8. The van der Waals surface area contributed by atoms with Gasteiger partial charge in [0.05, 0.1) is 11.4 Å². The maximum absolute atomic E-state index is 12.3. The predicted molar refractivity (Wildman–Crippen MR) is 87.8 cm³/mol. The average molecular weight is 340 g/mol. The van der Waals surface area contributed by atoms with Crippen molar-refractivity contribution in [3.8, 4) is 0 Å². The van der Waals surface area contributed by atoms with Gasteiger partial charge in [-0.3, -0.25) is 4.79 Å². The molecule has 0 saturated carbocycles. The van der Waals surface area contributed by atoms with Crippen LogP contribution in [0.25, 0.3) is 0 Å². The van der Waals surface area contributed by atoms with E-state index in [1.807, 2.05) is 6.07 Å². The monoisotopic (exact) mass is 340 g/mol. The molecule has 128 valence electrons. The molecule has 1 aromatic rings. The van der Waals surface area contributed by atoms with Crippen molar-refractivity contribution in [1.82, 2.24) is 10.0 Å². The number of amides is 1. The maximum Gasteiger partial charge on any atom is 0.241 e. The molecule has 7 heteroatoms. The van der Waals surface area contributed by atoms with E-state index in [2.05, 4.69) is 10.0 Å². The van der Waals surface area contributed by atoms with Crippen LogP contribution in [-0.4, -0.2) is 41.1 Å². The van der Waals surface area contributed by atoms with E-state index >= 15 is 0 Å². The molecule has 0 heterocycles. The summed E-state index contributed by atoms with van der Waals surface area (Å²) in [6.07, 6.45) is 4.86. The number of hydrogen-bond donors (Lipinski definition) is 2. The molecule has 0 spiro atoms. The summed E-state index contributed by atoms with van der Waals surface area (Å²) in [5.74, 6) is -0.345. The Bertz CT molecular complexity index is 643. The molecule has 0 unspecified atom stereocenters. The molecule has 1 amide bonds. The van der Waals surface area contributed by atoms with Crippen molar-refractivity contribution in [3.05, 3.63) is 29.3 Å². The van der Waals surface area contributed by atoms with E-state index in [-0.39, 0.29) is 17.3 Å². The van der Waals surface area contributed by atoms with E-state index in [4.69, 9.17) is 4.74 Å². The van der Waals surface area contributed by atoms with E-state index < -0.39 is 10.0 Å². The number of methoxy groups -OCH3 is 1. The second kappa shape index (κ2) is 8.42. The SMILES string of the molecule is COCCCNC(=O)CNS(=O)(=O)c1ccc2c(c1)CCCC2. The number of carbonyl (C=O) groups is 1. The third-order valence-corrected chi connectivity index (χ3v) is 5.30. The smallest absolute Gasteiger partial charge is 0.241 e. The molecule has 1 aliphatic carbocycles. The number of fused-ring (bicyclic) bond motifs is 1. The van der Waals surface area contributed by atoms with Gasteiger partial charge in [-0.25, -0.2) is 13.1 Å². The molecule has 0 aliphatic heterocycles. The van der Waals surface area contributed by atoms with E-state index in [1.165, 1.54) is 5.56 Å². The number of carbonyl (C=O) groups excluding carboxylic acids is 1. The minimum absolute atomic E-state index is 0.227. The maximum atomic E-state index is 12.3. The van der Waals surface area contributed by atoms with Gasteiger partial charge in [0.1, 0.15) is 0 Å². The highest BCUT2D eigenvalue weighted by molar-refractivity contribution is 7.89. The zero-order chi connectivity index (χ0) is 16.7. The van der Waals surface area contributed by atoms with Crippen molar-refractivity contribution in [2.24, 2.45) is 0 Å². The second-order valence-corrected chi connectivity index (χ2v) is 7.43. The third kappa shape index (κ3) is 5.30. The fourth-order valence-corrected chi connectivity index (χ4v) is 3.66. The lowest BCUT2D eigenvalue weighted by Crippen LogP contribution is -2.37. The Kier molecular flexibility index (Phi) is 6.56. The van der Waals surface area contributed by atoms with Gasteiger partial charge in [0.2, 0.25) is 15.9 Å². The van der Waals surface area contributed by atoms with E-state index in [0.29, 0.717) is 19.6 Å². The summed E-state index contributed by atoms with van der Waals surface area (Å²) in [5, 5.41) is 2.65. The van der Waals surface area contributed by atoms with Crippen LogP contribution in [-0.2, 0) is 32.4 Å². The summed E-state index contributed by atoms with van der Waals surface area (Å²) in [5.41, 5.74) is 2.33. The highest BCUT2D eigenvalue weighted by Crippen LogP contribution is 2.23. The summed E-state index contributed by atoms with van der Waals surface area (Å²) >= 11 is 0. The Morgan fingerprint density at radius 3 is 2.70 bits per heavy atom. The standard InChI is InChI=1S/C16H24N2O4S/c1-22-10-4-9-17-16(19)12-18-23(20,21)15-8-7-13-5-2-3-6-14(13)11-15/h7-8,11,18H,2-6,9-10,12H2,1H3,(H,17,19). The van der Waals surface area contributed by atoms with Gasteiger partial charge in [0.25, 0.3) is 0 Å². The minimum atomic E-state index is -3.66. The fourth-order valence-electron chi connectivity index (χ4n) is 2.63. The van der Waals surface area contributed by atoms with Crippen molar-refractivity contribution in [1.29, 1.82) is 0 Å². The van der Waals surface area contributed by atoms with Crippen LogP contribution in [0.5, 0.6) is 0 Å². The van der Waals surface area contributed by atoms with Gasteiger partial charge in [-0.1, -0.05) is 6.07 Å². The summed E-state index contributed by atoms with van der Waals surface area (Å²) in [6.45, 7) is 0.765. The molecule has 2 N–H and O–H groups in total. The summed E-state index contributed by atoms with van der Waals surface area (Å²) < 4.78 is 31.8. The first kappa shape index (κ1) is 17.9. The number of nitrogens with one attached hydrogen (secondary N) is 2. The summed E-state index contributed by atoms with van der Waals surface area (Å²) in [4.78, 5) is 11.9. The molecule has 23 heavy (non-hydrogen) atoms. The molecular formula is C16H24N2O4S. The van der Waals surface area contributed by atoms with Gasteiger partial charge in [-0.05, 0) is 55.4 Å². The Morgan fingerprint density at radius 1 is 1.22 bits per heavy atom. The van der Waals surface area contributed by atoms with Crippen LogP contribution in [0.2, 0.25) is 0 Å². The molecule has 0 aromatic heterocycles. The third-order valence-electron chi connectivity index (χ3n) is 3.90. The molecule has 0 radical (unpaired) electrons. The van der Waals surface area contributed by atoms with Crippen LogP contribution < -0.4 is 10.0 Å². The van der Waals surface area contributed by atoms with E-state index in [9.17, 15) is 13.2 Å². The van der Waals surface area contributed by atoms with Crippen LogP contribution in [0.1, 0.15) is 30.4 Å². The number of sulfonamides is 1. The molecule has 0 fully saturated rings. The topological polar surface area (TPSA) is 84.5 Å². The molecule has 0 atom stereocenters. The lowest BCUT2D eigenvalue weighted by atomic mass is 9.92. The first-order chi connectivity index (χ1) is 11.0. The van der Waals surface area contributed by atoms with Gasteiger partial charge in [-0.15, -0.1) is 0 Å². The first-order valence-electron chi connectivity index (χ1n) is 7.90. The van der Waals surface area contributed by atoms with E-state index in [0.717, 1.165) is 31.2 Å². The van der Waals surface area contributed by atoms with Gasteiger partial charge in [0.15, 0.2) is 0 Å². The number of ether oxygens (including phenoxy) is 1. The lowest BCUT2D eigenvalue weighted by molar-refractivity contribution is -0.120. The first-order valence-corrected chi connectivity index (χ1v) is 9.38. The number of hydrogen-bond acceptors (Lipinski definition) is 4. The molecule has 0 saturated heterocycles. The molecule has 1 aliphatic rings. The van der Waals surface area contributed by atoms with Gasteiger partial charge < -0.3 is 10.1 Å².